The van der Waals surface area contributed by atoms with E-state index < -0.39 is 0 Å². The maximum atomic E-state index is 6.47. The molecule has 2 nitrogen and oxygen atoms in total. The average molecular weight is 640 g/mol. The molecule has 5 aliphatic rings. The normalized spacial score (nSPS) is 31.6. The third-order valence-electron chi connectivity index (χ3n) is 14.4. The maximum absolute atomic E-state index is 6.47. The smallest absolute Gasteiger partial charge is 0.143 e. The van der Waals surface area contributed by atoms with Crippen molar-refractivity contribution in [2.75, 3.05) is 0 Å². The zero-order valence-electron chi connectivity index (χ0n) is 28.3. The van der Waals surface area contributed by atoms with Gasteiger partial charge in [0.1, 0.15) is 11.2 Å². The fraction of sp³-hybridized carbons (Fsp3) is 0.383. The summed E-state index contributed by atoms with van der Waals surface area (Å²) in [6.45, 7) is 0. The minimum Gasteiger partial charge on any atom is -0.455 e. The van der Waals surface area contributed by atoms with Gasteiger partial charge in [-0.25, -0.2) is 0 Å². The summed E-state index contributed by atoms with van der Waals surface area (Å²) in [6.07, 6.45) is 14.8. The van der Waals surface area contributed by atoms with E-state index in [0.29, 0.717) is 11.8 Å². The molecule has 6 aromatic rings. The minimum atomic E-state index is 0.580. The molecule has 2 heterocycles. The van der Waals surface area contributed by atoms with Crippen molar-refractivity contribution >= 4 is 21.9 Å². The lowest BCUT2D eigenvalue weighted by atomic mass is 9.40. The van der Waals surface area contributed by atoms with Crippen LogP contribution < -0.4 is 0 Å². The van der Waals surface area contributed by atoms with Gasteiger partial charge in [-0.15, -0.1) is 0 Å². The molecule has 4 aromatic carbocycles. The Morgan fingerprint density at radius 1 is 0.531 bits per heavy atom. The molecule has 4 saturated carbocycles. The van der Waals surface area contributed by atoms with E-state index in [0.717, 1.165) is 52.6 Å². The Hall–Kier alpha value is -4.17. The maximum Gasteiger partial charge on any atom is 0.143 e. The molecular formula is C47H45NO. The summed E-state index contributed by atoms with van der Waals surface area (Å²) < 4.78 is 6.47. The first-order valence-corrected chi connectivity index (χ1v) is 19.4. The number of benzene rings is 4. The monoisotopic (exact) mass is 639 g/mol. The Bertz CT molecular complexity index is 2200. The van der Waals surface area contributed by atoms with Crippen LogP contribution in [0.1, 0.15) is 92.4 Å². The van der Waals surface area contributed by atoms with E-state index in [2.05, 4.69) is 103 Å². The van der Waals surface area contributed by atoms with Crippen LogP contribution in [0.15, 0.2) is 114 Å². The van der Waals surface area contributed by atoms with Crippen molar-refractivity contribution in [1.29, 1.82) is 0 Å². The fourth-order valence-corrected chi connectivity index (χ4v) is 12.7. The highest BCUT2D eigenvalue weighted by Gasteiger charge is 2.60. The van der Waals surface area contributed by atoms with Crippen molar-refractivity contribution in [1.82, 2.24) is 4.98 Å². The molecule has 49 heavy (non-hydrogen) atoms. The van der Waals surface area contributed by atoms with Gasteiger partial charge in [0.05, 0.1) is 0 Å². The van der Waals surface area contributed by atoms with Gasteiger partial charge < -0.3 is 4.42 Å². The van der Waals surface area contributed by atoms with Gasteiger partial charge in [0.15, 0.2) is 0 Å². The zero-order valence-corrected chi connectivity index (χ0v) is 28.3. The molecule has 9 atom stereocenters. The predicted octanol–water partition coefficient (Wildman–Crippen LogP) is 12.5. The summed E-state index contributed by atoms with van der Waals surface area (Å²) in [5.74, 6) is 7.38. The van der Waals surface area contributed by atoms with Crippen molar-refractivity contribution < 1.29 is 4.42 Å². The quantitative estimate of drug-likeness (QED) is 0.193. The van der Waals surface area contributed by atoms with Gasteiger partial charge in [0.2, 0.25) is 0 Å². The first-order valence-electron chi connectivity index (χ1n) is 19.4. The Morgan fingerprint density at radius 2 is 1.31 bits per heavy atom. The summed E-state index contributed by atoms with van der Waals surface area (Å²) in [5.41, 5.74) is 11.8. The predicted molar refractivity (Wildman–Crippen MR) is 200 cm³/mol. The van der Waals surface area contributed by atoms with Crippen LogP contribution in [-0.2, 0) is 0 Å². The number of hydrogen-bond acceptors (Lipinski definition) is 2. The largest absolute Gasteiger partial charge is 0.455 e. The molecule has 0 N–H and O–H groups in total. The SMILES string of the molecule is c1ccc(C2CC3c4ccc(-c5cccc(-c6cccc7c6oc6ccccc67)c5)cc4C4CCCC5C6CCCCC6C(C2)C3C45)nc1. The number of furan rings is 1. The molecule has 9 unspecified atom stereocenters. The molecule has 0 aliphatic heterocycles. The van der Waals surface area contributed by atoms with E-state index in [1.165, 1.54) is 96.5 Å². The molecule has 2 aromatic heterocycles. The van der Waals surface area contributed by atoms with E-state index in [-0.39, 0.29) is 0 Å². The fourth-order valence-electron chi connectivity index (χ4n) is 12.7. The summed E-state index contributed by atoms with van der Waals surface area (Å²) >= 11 is 0. The van der Waals surface area contributed by atoms with Crippen molar-refractivity contribution in [3.05, 3.63) is 126 Å². The Morgan fingerprint density at radius 3 is 2.22 bits per heavy atom. The summed E-state index contributed by atoms with van der Waals surface area (Å²) in [5, 5.41) is 2.38. The molecule has 0 spiro atoms. The van der Waals surface area contributed by atoms with E-state index in [1.54, 1.807) is 11.1 Å². The molecule has 0 radical (unpaired) electrons. The van der Waals surface area contributed by atoms with Crippen molar-refractivity contribution in [2.24, 2.45) is 35.5 Å². The second-order valence-electron chi connectivity index (χ2n) is 16.4. The number of nitrogens with zero attached hydrogens (tertiary/aromatic N) is 1. The van der Waals surface area contributed by atoms with Crippen LogP contribution in [0.25, 0.3) is 44.2 Å². The molecular weight excluding hydrogens is 595 g/mol. The van der Waals surface area contributed by atoms with Crippen LogP contribution in [0, 0.1) is 35.5 Å². The van der Waals surface area contributed by atoms with Crippen molar-refractivity contribution in [3.63, 3.8) is 0 Å². The highest BCUT2D eigenvalue weighted by molar-refractivity contribution is 6.09. The van der Waals surface area contributed by atoms with Gasteiger partial charge >= 0.3 is 0 Å². The van der Waals surface area contributed by atoms with Crippen molar-refractivity contribution in [3.8, 4) is 22.3 Å². The van der Waals surface area contributed by atoms with Gasteiger partial charge in [0, 0.05) is 34.1 Å². The second kappa shape index (κ2) is 11.2. The van der Waals surface area contributed by atoms with Gasteiger partial charge in [0.25, 0.3) is 0 Å². The molecule has 2 heteroatoms. The van der Waals surface area contributed by atoms with E-state index in [9.17, 15) is 0 Å². The summed E-state index contributed by atoms with van der Waals surface area (Å²) in [6, 6.07) is 38.6. The highest BCUT2D eigenvalue weighted by Crippen LogP contribution is 2.69. The van der Waals surface area contributed by atoms with Crippen LogP contribution in [0.3, 0.4) is 0 Å². The van der Waals surface area contributed by atoms with Gasteiger partial charge in [-0.05, 0) is 138 Å². The molecule has 5 aliphatic carbocycles. The van der Waals surface area contributed by atoms with Crippen LogP contribution >= 0.6 is 0 Å². The lowest BCUT2D eigenvalue weighted by Gasteiger charge is -2.64. The highest BCUT2D eigenvalue weighted by atomic mass is 16.3. The lowest BCUT2D eigenvalue weighted by molar-refractivity contribution is -0.105. The van der Waals surface area contributed by atoms with Crippen molar-refractivity contribution in [2.45, 2.75) is 75.5 Å². The third-order valence-corrected chi connectivity index (χ3v) is 14.4. The topological polar surface area (TPSA) is 26.0 Å². The minimum absolute atomic E-state index is 0.580. The first kappa shape index (κ1) is 28.6. The number of rotatable bonds is 3. The number of fused-ring (bicyclic) bond motifs is 9. The summed E-state index contributed by atoms with van der Waals surface area (Å²) in [7, 11) is 0. The van der Waals surface area contributed by atoms with E-state index in [4.69, 9.17) is 9.40 Å². The first-order chi connectivity index (χ1) is 24.3. The second-order valence-corrected chi connectivity index (χ2v) is 16.4. The Balaban J connectivity index is 1.03. The van der Waals surface area contributed by atoms with E-state index >= 15 is 0 Å². The average Bonchev–Trinajstić information content (AvgIpc) is 3.56. The molecule has 0 amide bonds. The van der Waals surface area contributed by atoms with Crippen LogP contribution in [0.2, 0.25) is 0 Å². The van der Waals surface area contributed by atoms with Crippen LogP contribution in [-0.4, -0.2) is 4.98 Å². The number of hydrogen-bond donors (Lipinski definition) is 0. The van der Waals surface area contributed by atoms with Gasteiger partial charge in [-0.2, -0.15) is 0 Å². The van der Waals surface area contributed by atoms with Gasteiger partial charge in [-0.1, -0.05) is 98.1 Å². The number of pyridine rings is 1. The third kappa shape index (κ3) is 4.35. The Kier molecular flexibility index (Phi) is 6.53. The molecule has 0 bridgehead atoms. The van der Waals surface area contributed by atoms with Crippen LogP contribution in [0.4, 0.5) is 0 Å². The molecule has 0 saturated heterocycles. The zero-order chi connectivity index (χ0) is 32.1. The molecule has 4 fully saturated rings. The summed E-state index contributed by atoms with van der Waals surface area (Å²) in [4.78, 5) is 4.97. The van der Waals surface area contributed by atoms with E-state index in [1.807, 2.05) is 6.20 Å². The number of aromatic nitrogens is 1. The Labute approximate surface area is 290 Å². The van der Waals surface area contributed by atoms with Crippen LogP contribution in [0.5, 0.6) is 0 Å². The molecule has 11 rings (SSSR count). The standard InChI is InChI=1S/C47H45NO/c1-2-13-34-33(12-1)37-16-9-17-38-40-25-29(21-22-35(40)42-27-31(43-19-5-6-23-48-43)26-41(34)46(42)45(37)38)28-10-7-11-30(24-28)32-15-8-18-39-36-14-3-4-20-44(36)49-47(32)39/h3-8,10-11,14-15,18-25,31,33-34,37-38,41-42,45-46H,1-2,9,12-13,16-17,26-27H2. The molecule has 244 valence electrons. The lowest BCUT2D eigenvalue weighted by Crippen LogP contribution is -2.56. The van der Waals surface area contributed by atoms with Gasteiger partial charge in [-0.3, -0.25) is 4.98 Å². The number of para-hydroxylation sites is 2.